The van der Waals surface area contributed by atoms with Crippen LogP contribution in [0.2, 0.25) is 0 Å². The SMILES string of the molecule is CCC(C)(CN)C(=O)NS(C)(=O)=O. The Balaban J connectivity index is 4.60. The second-order valence-corrected chi connectivity index (χ2v) is 5.07. The largest absolute Gasteiger partial charge is 0.329 e. The normalized spacial score (nSPS) is 16.3. The fourth-order valence-corrected chi connectivity index (χ4v) is 1.27. The summed E-state index contributed by atoms with van der Waals surface area (Å²) in [4.78, 5) is 11.4. The van der Waals surface area contributed by atoms with Gasteiger partial charge in [-0.1, -0.05) is 6.92 Å². The number of sulfonamides is 1. The van der Waals surface area contributed by atoms with Gasteiger partial charge in [0.05, 0.1) is 11.7 Å². The molecule has 3 N–H and O–H groups in total. The molecule has 0 fully saturated rings. The van der Waals surface area contributed by atoms with Gasteiger partial charge in [-0.3, -0.25) is 9.52 Å². The van der Waals surface area contributed by atoms with Crippen LogP contribution in [0.1, 0.15) is 20.3 Å². The third kappa shape index (κ3) is 3.73. The van der Waals surface area contributed by atoms with Gasteiger partial charge in [-0.25, -0.2) is 8.42 Å². The summed E-state index contributed by atoms with van der Waals surface area (Å²) in [6.45, 7) is 3.55. The zero-order valence-corrected chi connectivity index (χ0v) is 8.94. The van der Waals surface area contributed by atoms with Crippen LogP contribution in [0.3, 0.4) is 0 Å². The van der Waals surface area contributed by atoms with Crippen LogP contribution in [0, 0.1) is 5.41 Å². The van der Waals surface area contributed by atoms with E-state index >= 15 is 0 Å². The average Bonchev–Trinajstić information content (AvgIpc) is 2.00. The molecule has 0 saturated carbocycles. The predicted molar refractivity (Wildman–Crippen MR) is 50.4 cm³/mol. The monoisotopic (exact) mass is 208 g/mol. The van der Waals surface area contributed by atoms with Crippen molar-refractivity contribution in [1.29, 1.82) is 0 Å². The Morgan fingerprint density at radius 2 is 2.00 bits per heavy atom. The Bertz CT molecular complexity index is 280. The van der Waals surface area contributed by atoms with Gasteiger partial charge < -0.3 is 5.73 Å². The van der Waals surface area contributed by atoms with Crippen molar-refractivity contribution in [3.63, 3.8) is 0 Å². The first kappa shape index (κ1) is 12.4. The molecule has 0 rings (SSSR count). The molecular weight excluding hydrogens is 192 g/mol. The van der Waals surface area contributed by atoms with E-state index in [9.17, 15) is 13.2 Å². The highest BCUT2D eigenvalue weighted by molar-refractivity contribution is 7.89. The summed E-state index contributed by atoms with van der Waals surface area (Å²) in [5, 5.41) is 0. The fraction of sp³-hybridized carbons (Fsp3) is 0.857. The lowest BCUT2D eigenvalue weighted by molar-refractivity contribution is -0.127. The summed E-state index contributed by atoms with van der Waals surface area (Å²) in [7, 11) is -3.48. The summed E-state index contributed by atoms with van der Waals surface area (Å²) in [6, 6.07) is 0. The lowest BCUT2D eigenvalue weighted by Gasteiger charge is -2.23. The second-order valence-electron chi connectivity index (χ2n) is 3.32. The minimum absolute atomic E-state index is 0.130. The van der Waals surface area contributed by atoms with Gasteiger partial charge in [-0.05, 0) is 13.3 Å². The highest BCUT2D eigenvalue weighted by Crippen LogP contribution is 2.19. The predicted octanol–water partition coefficient (Wildman–Crippen LogP) is -0.563. The van der Waals surface area contributed by atoms with E-state index in [4.69, 9.17) is 5.73 Å². The molecule has 78 valence electrons. The molecule has 0 bridgehead atoms. The summed E-state index contributed by atoms with van der Waals surface area (Å²) < 4.78 is 23.4. The van der Waals surface area contributed by atoms with Crippen molar-refractivity contribution in [3.05, 3.63) is 0 Å². The van der Waals surface area contributed by atoms with Crippen LogP contribution in [-0.2, 0) is 14.8 Å². The highest BCUT2D eigenvalue weighted by Gasteiger charge is 2.31. The molecule has 13 heavy (non-hydrogen) atoms. The van der Waals surface area contributed by atoms with Crippen molar-refractivity contribution in [2.75, 3.05) is 12.8 Å². The number of rotatable bonds is 4. The van der Waals surface area contributed by atoms with Crippen LogP contribution in [0.4, 0.5) is 0 Å². The number of amides is 1. The average molecular weight is 208 g/mol. The maximum Gasteiger partial charge on any atom is 0.240 e. The molecule has 1 unspecified atom stereocenters. The Morgan fingerprint density at radius 1 is 1.54 bits per heavy atom. The molecule has 0 heterocycles. The maximum atomic E-state index is 11.4. The van der Waals surface area contributed by atoms with Crippen molar-refractivity contribution in [3.8, 4) is 0 Å². The molecule has 0 aromatic carbocycles. The van der Waals surface area contributed by atoms with E-state index in [1.165, 1.54) is 0 Å². The van der Waals surface area contributed by atoms with E-state index in [-0.39, 0.29) is 6.54 Å². The van der Waals surface area contributed by atoms with Crippen LogP contribution < -0.4 is 10.5 Å². The van der Waals surface area contributed by atoms with Crippen molar-refractivity contribution in [1.82, 2.24) is 4.72 Å². The van der Waals surface area contributed by atoms with Crippen LogP contribution >= 0.6 is 0 Å². The summed E-state index contributed by atoms with van der Waals surface area (Å²) in [6.07, 6.45) is 1.45. The van der Waals surface area contributed by atoms with E-state index in [0.29, 0.717) is 6.42 Å². The second kappa shape index (κ2) is 4.06. The first-order valence-corrected chi connectivity index (χ1v) is 5.86. The van der Waals surface area contributed by atoms with Crippen molar-refractivity contribution in [2.24, 2.45) is 11.1 Å². The molecule has 5 nitrogen and oxygen atoms in total. The molecule has 0 aliphatic carbocycles. The molecule has 0 aliphatic rings. The maximum absolute atomic E-state index is 11.4. The molecule has 0 aromatic rings. The van der Waals surface area contributed by atoms with Gasteiger partial charge in [0.15, 0.2) is 0 Å². The van der Waals surface area contributed by atoms with Gasteiger partial charge in [0.25, 0.3) is 0 Å². The van der Waals surface area contributed by atoms with Crippen LogP contribution in [-0.4, -0.2) is 27.1 Å². The van der Waals surface area contributed by atoms with E-state index in [2.05, 4.69) is 0 Å². The van der Waals surface area contributed by atoms with Gasteiger partial charge in [0.2, 0.25) is 15.9 Å². The van der Waals surface area contributed by atoms with Gasteiger partial charge in [0.1, 0.15) is 0 Å². The minimum Gasteiger partial charge on any atom is -0.329 e. The van der Waals surface area contributed by atoms with Crippen LogP contribution in [0.15, 0.2) is 0 Å². The third-order valence-electron chi connectivity index (χ3n) is 2.06. The van der Waals surface area contributed by atoms with Crippen LogP contribution in [0.5, 0.6) is 0 Å². The highest BCUT2D eigenvalue weighted by atomic mass is 32.2. The first-order chi connectivity index (χ1) is 5.75. The number of hydrogen-bond donors (Lipinski definition) is 2. The molecule has 0 aliphatic heterocycles. The zero-order chi connectivity index (χ0) is 10.7. The topological polar surface area (TPSA) is 89.3 Å². The molecular formula is C7H16N2O3S. The molecule has 6 heteroatoms. The van der Waals surface area contributed by atoms with E-state index in [1.54, 1.807) is 13.8 Å². The lowest BCUT2D eigenvalue weighted by atomic mass is 9.87. The van der Waals surface area contributed by atoms with Crippen LogP contribution in [0.25, 0.3) is 0 Å². The minimum atomic E-state index is -3.48. The third-order valence-corrected chi connectivity index (χ3v) is 2.61. The van der Waals surface area contributed by atoms with E-state index in [1.807, 2.05) is 4.72 Å². The number of carbonyl (C=O) groups is 1. The number of nitrogens with one attached hydrogen (secondary N) is 1. The quantitative estimate of drug-likeness (QED) is 0.648. The molecule has 0 spiro atoms. The smallest absolute Gasteiger partial charge is 0.240 e. The van der Waals surface area contributed by atoms with Gasteiger partial charge >= 0.3 is 0 Å². The van der Waals surface area contributed by atoms with Gasteiger partial charge in [0, 0.05) is 6.54 Å². The molecule has 1 atom stereocenters. The van der Waals surface area contributed by atoms with E-state index < -0.39 is 21.3 Å². The number of carbonyl (C=O) groups excluding carboxylic acids is 1. The van der Waals surface area contributed by atoms with Crippen molar-refractivity contribution in [2.45, 2.75) is 20.3 Å². The lowest BCUT2D eigenvalue weighted by Crippen LogP contribution is -2.45. The van der Waals surface area contributed by atoms with Crippen molar-refractivity contribution >= 4 is 15.9 Å². The number of hydrogen-bond acceptors (Lipinski definition) is 4. The van der Waals surface area contributed by atoms with Crippen molar-refractivity contribution < 1.29 is 13.2 Å². The zero-order valence-electron chi connectivity index (χ0n) is 8.12. The Kier molecular flexibility index (Phi) is 3.87. The molecule has 0 aromatic heterocycles. The fourth-order valence-electron chi connectivity index (χ4n) is 0.689. The first-order valence-electron chi connectivity index (χ1n) is 3.97. The Hall–Kier alpha value is -0.620. The van der Waals surface area contributed by atoms with E-state index in [0.717, 1.165) is 6.26 Å². The molecule has 0 radical (unpaired) electrons. The Labute approximate surface area is 78.7 Å². The standard InChI is InChI=1S/C7H16N2O3S/c1-4-7(2,5-8)6(10)9-13(3,11)12/h4-5,8H2,1-3H3,(H,9,10). The number of nitrogens with two attached hydrogens (primary N) is 1. The van der Waals surface area contributed by atoms with Gasteiger partial charge in [-0.15, -0.1) is 0 Å². The van der Waals surface area contributed by atoms with Gasteiger partial charge in [-0.2, -0.15) is 0 Å². The molecule has 1 amide bonds. The summed E-state index contributed by atoms with van der Waals surface area (Å²) in [5.41, 5.74) is 4.58. The summed E-state index contributed by atoms with van der Waals surface area (Å²) >= 11 is 0. The molecule has 0 saturated heterocycles. The summed E-state index contributed by atoms with van der Waals surface area (Å²) in [5.74, 6) is -0.542. The Morgan fingerprint density at radius 3 is 2.23 bits per heavy atom.